The average Bonchev–Trinajstić information content (AvgIpc) is 2.98. The molecule has 0 radical (unpaired) electrons. The Bertz CT molecular complexity index is 1400. The van der Waals surface area contributed by atoms with Gasteiger partial charge in [0.15, 0.2) is 35.2 Å². The summed E-state index contributed by atoms with van der Waals surface area (Å²) in [5.74, 6) is -0.502. The number of aromatic nitrogens is 2. The fraction of sp³-hybridized carbons (Fsp3) is 0.250. The van der Waals surface area contributed by atoms with Crippen LogP contribution in [0.1, 0.15) is 10.4 Å². The molecule has 0 aliphatic carbocycles. The van der Waals surface area contributed by atoms with Crippen molar-refractivity contribution in [2.45, 2.75) is 0 Å². The number of aldehydes is 1. The zero-order chi connectivity index (χ0) is 28.9. The van der Waals surface area contributed by atoms with Gasteiger partial charge in [-0.1, -0.05) is 0 Å². The summed E-state index contributed by atoms with van der Waals surface area (Å²) >= 11 is 0. The van der Waals surface area contributed by atoms with Crippen LogP contribution in [0.25, 0.3) is 10.9 Å². The summed E-state index contributed by atoms with van der Waals surface area (Å²) in [4.78, 5) is 18.4. The van der Waals surface area contributed by atoms with E-state index in [9.17, 15) is 18.0 Å². The number of pyridine rings is 2. The average molecular weight is 559 g/mol. The Labute approximate surface area is 229 Å². The van der Waals surface area contributed by atoms with Gasteiger partial charge < -0.3 is 29.6 Å². The molecule has 4 rings (SSSR count). The monoisotopic (exact) mass is 558 g/mol. The van der Waals surface area contributed by atoms with Gasteiger partial charge in [0.05, 0.1) is 18.2 Å². The lowest BCUT2D eigenvalue weighted by atomic mass is 10.1. The van der Waals surface area contributed by atoms with Crippen molar-refractivity contribution in [1.82, 2.24) is 15.3 Å². The lowest BCUT2D eigenvalue weighted by Gasteiger charge is -2.14. The van der Waals surface area contributed by atoms with Crippen molar-refractivity contribution in [2.24, 2.45) is 0 Å². The van der Waals surface area contributed by atoms with E-state index in [2.05, 4.69) is 20.6 Å². The molecule has 0 amide bonds. The van der Waals surface area contributed by atoms with Crippen LogP contribution in [-0.2, 0) is 0 Å². The first-order valence-corrected chi connectivity index (χ1v) is 12.1. The Morgan fingerprint density at radius 3 is 2.30 bits per heavy atom. The van der Waals surface area contributed by atoms with Crippen LogP contribution in [0.3, 0.4) is 0 Å². The van der Waals surface area contributed by atoms with E-state index in [-0.39, 0.29) is 12.4 Å². The Morgan fingerprint density at radius 1 is 0.925 bits per heavy atom. The van der Waals surface area contributed by atoms with E-state index in [0.29, 0.717) is 58.8 Å². The van der Waals surface area contributed by atoms with Gasteiger partial charge in [-0.3, -0.25) is 14.8 Å². The highest BCUT2D eigenvalue weighted by Crippen LogP contribution is 2.38. The van der Waals surface area contributed by atoms with Crippen molar-refractivity contribution in [3.05, 3.63) is 72.2 Å². The van der Waals surface area contributed by atoms with Gasteiger partial charge in [0.1, 0.15) is 31.4 Å². The highest BCUT2D eigenvalue weighted by atomic mass is 19.1. The van der Waals surface area contributed by atoms with Gasteiger partial charge in [0.2, 0.25) is 0 Å². The number of halogens is 3. The smallest absolute Gasteiger partial charge is 0.198 e. The number of benzene rings is 2. The molecule has 0 aliphatic rings. The SMILES string of the molecule is CNCCOc1cc2nccc(Oc3c(F)cc(NC)cc3F)c2cc1OC.O=Cc1cnccc1OCCF. The first-order chi connectivity index (χ1) is 19.4. The number of likely N-dealkylation sites (N-methyl/N-ethyl adjacent to an activating group) is 1. The molecule has 0 fully saturated rings. The maximum atomic E-state index is 14.3. The fourth-order valence-corrected chi connectivity index (χ4v) is 3.43. The number of alkyl halides is 1. The molecule has 40 heavy (non-hydrogen) atoms. The number of hydrogen-bond acceptors (Lipinski definition) is 9. The van der Waals surface area contributed by atoms with E-state index in [4.69, 9.17) is 18.9 Å². The van der Waals surface area contributed by atoms with Crippen LogP contribution in [0.5, 0.6) is 28.7 Å². The van der Waals surface area contributed by atoms with Gasteiger partial charge in [-0.05, 0) is 25.2 Å². The number of hydrogen-bond donors (Lipinski definition) is 2. The number of nitrogens with one attached hydrogen (secondary N) is 2. The van der Waals surface area contributed by atoms with Crippen LogP contribution in [0.2, 0.25) is 0 Å². The maximum Gasteiger partial charge on any atom is 0.198 e. The molecule has 0 atom stereocenters. The topological polar surface area (TPSA) is 104 Å². The second-order valence-electron chi connectivity index (χ2n) is 7.97. The van der Waals surface area contributed by atoms with Crippen LogP contribution in [0, 0.1) is 11.6 Å². The maximum absolute atomic E-state index is 14.3. The molecule has 12 heteroatoms. The summed E-state index contributed by atoms with van der Waals surface area (Å²) in [5, 5.41) is 6.22. The Hall–Kier alpha value is -4.58. The predicted molar refractivity (Wildman–Crippen MR) is 145 cm³/mol. The Balaban J connectivity index is 0.000000307. The summed E-state index contributed by atoms with van der Waals surface area (Å²) in [7, 11) is 4.92. The minimum Gasteiger partial charge on any atom is -0.493 e. The number of ether oxygens (including phenoxy) is 4. The van der Waals surface area contributed by atoms with Crippen molar-refractivity contribution >= 4 is 22.9 Å². The summed E-state index contributed by atoms with van der Waals surface area (Å²) in [6.07, 6.45) is 4.99. The normalized spacial score (nSPS) is 10.3. The number of anilines is 1. The number of fused-ring (bicyclic) bond motifs is 1. The summed E-state index contributed by atoms with van der Waals surface area (Å²) in [6.45, 7) is 0.507. The van der Waals surface area contributed by atoms with Gasteiger partial charge in [0.25, 0.3) is 0 Å². The molecule has 2 N–H and O–H groups in total. The molecule has 0 saturated carbocycles. The zero-order valence-corrected chi connectivity index (χ0v) is 22.2. The number of carbonyl (C=O) groups excluding carboxylic acids is 1. The summed E-state index contributed by atoms with van der Waals surface area (Å²) in [5.41, 5.74) is 1.20. The van der Waals surface area contributed by atoms with Crippen LogP contribution >= 0.6 is 0 Å². The second kappa shape index (κ2) is 15.1. The highest BCUT2D eigenvalue weighted by molar-refractivity contribution is 5.88. The van der Waals surface area contributed by atoms with Crippen molar-refractivity contribution < 1.29 is 36.9 Å². The molecule has 0 bridgehead atoms. The van der Waals surface area contributed by atoms with Gasteiger partial charge in [0, 0.05) is 61.5 Å². The minimum atomic E-state index is -0.812. The van der Waals surface area contributed by atoms with E-state index in [1.54, 1.807) is 19.2 Å². The van der Waals surface area contributed by atoms with Crippen LogP contribution in [-0.4, -0.2) is 63.9 Å². The molecule has 9 nitrogen and oxygen atoms in total. The van der Waals surface area contributed by atoms with Gasteiger partial charge >= 0.3 is 0 Å². The first-order valence-electron chi connectivity index (χ1n) is 12.1. The molecule has 0 saturated heterocycles. The number of carbonyl (C=O) groups is 1. The number of rotatable bonds is 12. The van der Waals surface area contributed by atoms with Crippen molar-refractivity contribution in [3.63, 3.8) is 0 Å². The highest BCUT2D eigenvalue weighted by Gasteiger charge is 2.17. The fourth-order valence-electron chi connectivity index (χ4n) is 3.43. The van der Waals surface area contributed by atoms with E-state index < -0.39 is 24.1 Å². The van der Waals surface area contributed by atoms with Crippen molar-refractivity contribution in [3.8, 4) is 28.7 Å². The predicted octanol–water partition coefficient (Wildman–Crippen LogP) is 5.20. The number of methoxy groups -OCH3 is 1. The third-order valence-corrected chi connectivity index (χ3v) is 5.37. The lowest BCUT2D eigenvalue weighted by molar-refractivity contribution is 0.111. The first kappa shape index (κ1) is 30.0. The van der Waals surface area contributed by atoms with Crippen LogP contribution in [0.15, 0.2) is 55.0 Å². The van der Waals surface area contributed by atoms with Crippen LogP contribution in [0.4, 0.5) is 18.9 Å². The second-order valence-corrected chi connectivity index (χ2v) is 7.97. The van der Waals surface area contributed by atoms with Gasteiger partial charge in [-0.2, -0.15) is 0 Å². The molecular weight excluding hydrogens is 529 g/mol. The minimum absolute atomic E-state index is 0.0369. The Morgan fingerprint density at radius 2 is 1.65 bits per heavy atom. The van der Waals surface area contributed by atoms with Gasteiger partial charge in [-0.15, -0.1) is 0 Å². The zero-order valence-electron chi connectivity index (χ0n) is 22.2. The van der Waals surface area contributed by atoms with E-state index in [1.807, 2.05) is 7.05 Å². The Kier molecular flexibility index (Phi) is 11.3. The molecule has 4 aromatic rings. The molecule has 212 valence electrons. The molecule has 0 aliphatic heterocycles. The molecule has 2 heterocycles. The molecule has 0 unspecified atom stereocenters. The third-order valence-electron chi connectivity index (χ3n) is 5.37. The van der Waals surface area contributed by atoms with Crippen molar-refractivity contribution in [1.29, 1.82) is 0 Å². The molecule has 2 aromatic heterocycles. The largest absolute Gasteiger partial charge is 0.493 e. The number of nitrogens with zero attached hydrogens (tertiary/aromatic N) is 2. The van der Waals surface area contributed by atoms with Crippen molar-refractivity contribution in [2.75, 3.05) is 53.0 Å². The summed E-state index contributed by atoms with van der Waals surface area (Å²) < 4.78 is 61.9. The van der Waals surface area contributed by atoms with Crippen LogP contribution < -0.4 is 29.6 Å². The van der Waals surface area contributed by atoms with E-state index >= 15 is 0 Å². The van der Waals surface area contributed by atoms with E-state index in [1.165, 1.54) is 37.8 Å². The molecule has 2 aromatic carbocycles. The van der Waals surface area contributed by atoms with E-state index in [0.717, 1.165) is 12.1 Å². The third kappa shape index (κ3) is 7.73. The standard InChI is InChI=1S/C20H21F2N3O3.C8H8FNO2/c1-23-6-7-27-19-11-16-13(10-18(19)26-3)17(4-5-25-16)28-20-14(21)8-12(24-2)9-15(20)22;9-2-4-12-8-1-3-10-5-7(8)6-11/h4-5,8-11,23-24H,6-7H2,1-3H3;1,3,5-6H,2,4H2. The van der Waals surface area contributed by atoms with Gasteiger partial charge in [-0.25, -0.2) is 13.2 Å². The lowest BCUT2D eigenvalue weighted by Crippen LogP contribution is -2.16. The quantitative estimate of drug-likeness (QED) is 0.179. The molecular formula is C28H29F3N4O5. The summed E-state index contributed by atoms with van der Waals surface area (Å²) in [6, 6.07) is 8.76. The molecule has 0 spiro atoms.